The Kier molecular flexibility index (Phi) is 4.99. The number of nitrogens with zero attached hydrogens (tertiary/aromatic N) is 3. The van der Waals surface area contributed by atoms with Crippen LogP contribution in [0.15, 0.2) is 42.6 Å². The molecule has 0 radical (unpaired) electrons. The van der Waals surface area contributed by atoms with E-state index >= 15 is 0 Å². The largest absolute Gasteiger partial charge is 0.339 e. The first-order valence-corrected chi connectivity index (χ1v) is 7.78. The van der Waals surface area contributed by atoms with E-state index in [-0.39, 0.29) is 11.0 Å². The number of nitrogens with one attached hydrogen (secondary N) is 2. The Morgan fingerprint density at radius 1 is 0.875 bits per heavy atom. The van der Waals surface area contributed by atoms with Gasteiger partial charge in [-0.05, 0) is 36.4 Å². The lowest BCUT2D eigenvalue weighted by molar-refractivity contribution is 0.628. The van der Waals surface area contributed by atoms with Crippen LogP contribution in [-0.2, 0) is 0 Å². The monoisotopic (exact) mass is 383 g/mol. The highest BCUT2D eigenvalue weighted by atomic mass is 35.5. The first kappa shape index (κ1) is 16.7. The van der Waals surface area contributed by atoms with Crippen molar-refractivity contribution in [2.75, 3.05) is 10.6 Å². The Bertz CT molecular complexity index is 870. The van der Waals surface area contributed by atoms with E-state index in [1.807, 2.05) is 0 Å². The predicted molar refractivity (Wildman–Crippen MR) is 94.3 cm³/mol. The highest BCUT2D eigenvalue weighted by molar-refractivity contribution is 6.35. The quantitative estimate of drug-likeness (QED) is 0.625. The van der Waals surface area contributed by atoms with Gasteiger partial charge in [-0.1, -0.05) is 34.8 Å². The van der Waals surface area contributed by atoms with E-state index in [1.165, 1.54) is 24.4 Å². The van der Waals surface area contributed by atoms with Crippen LogP contribution in [0.2, 0.25) is 15.1 Å². The van der Waals surface area contributed by atoms with Gasteiger partial charge in [0.05, 0.1) is 11.2 Å². The fourth-order valence-corrected chi connectivity index (χ4v) is 2.60. The first-order valence-electron chi connectivity index (χ1n) is 6.64. The maximum absolute atomic E-state index is 13.2. The Labute approximate surface area is 151 Å². The summed E-state index contributed by atoms with van der Waals surface area (Å²) in [4.78, 5) is 4.26. The molecule has 1 heterocycles. The second-order valence-electron chi connectivity index (χ2n) is 4.70. The molecule has 2 aromatic carbocycles. The summed E-state index contributed by atoms with van der Waals surface area (Å²) < 4.78 is 13.2. The van der Waals surface area contributed by atoms with E-state index in [9.17, 15) is 4.39 Å². The van der Waals surface area contributed by atoms with Gasteiger partial charge in [0.15, 0.2) is 5.82 Å². The van der Waals surface area contributed by atoms with Crippen LogP contribution in [0.25, 0.3) is 0 Å². The normalized spacial score (nSPS) is 10.5. The summed E-state index contributed by atoms with van der Waals surface area (Å²) in [7, 11) is 0. The van der Waals surface area contributed by atoms with E-state index in [2.05, 4.69) is 25.8 Å². The topological polar surface area (TPSA) is 62.7 Å². The second-order valence-corrected chi connectivity index (χ2v) is 5.98. The van der Waals surface area contributed by atoms with E-state index in [4.69, 9.17) is 34.8 Å². The zero-order chi connectivity index (χ0) is 17.1. The molecule has 0 atom stereocenters. The lowest BCUT2D eigenvalue weighted by atomic mass is 10.3. The molecule has 5 nitrogen and oxygen atoms in total. The molecule has 0 aliphatic carbocycles. The van der Waals surface area contributed by atoms with Gasteiger partial charge in [0.25, 0.3) is 0 Å². The fraction of sp³-hybridized carbons (Fsp3) is 0. The Hall–Kier alpha value is -2.15. The van der Waals surface area contributed by atoms with Crippen molar-refractivity contribution < 1.29 is 4.39 Å². The van der Waals surface area contributed by atoms with Gasteiger partial charge in [0, 0.05) is 21.4 Å². The molecule has 122 valence electrons. The summed E-state index contributed by atoms with van der Waals surface area (Å²) in [6.45, 7) is 0. The Morgan fingerprint density at radius 2 is 1.62 bits per heavy atom. The van der Waals surface area contributed by atoms with Crippen molar-refractivity contribution >= 4 is 57.9 Å². The molecule has 3 rings (SSSR count). The van der Waals surface area contributed by atoms with Crippen LogP contribution in [0.1, 0.15) is 0 Å². The average molecular weight is 385 g/mol. The Balaban J connectivity index is 1.79. The van der Waals surface area contributed by atoms with Crippen molar-refractivity contribution in [1.29, 1.82) is 0 Å². The Morgan fingerprint density at radius 3 is 2.33 bits per heavy atom. The third kappa shape index (κ3) is 4.23. The maximum Gasteiger partial charge on any atom is 0.249 e. The van der Waals surface area contributed by atoms with Crippen LogP contribution in [0, 0.1) is 5.82 Å². The van der Waals surface area contributed by atoms with E-state index in [0.29, 0.717) is 27.2 Å². The summed E-state index contributed by atoms with van der Waals surface area (Å²) in [6.07, 6.45) is 1.42. The smallest absolute Gasteiger partial charge is 0.249 e. The van der Waals surface area contributed by atoms with Crippen LogP contribution in [-0.4, -0.2) is 15.2 Å². The summed E-state index contributed by atoms with van der Waals surface area (Å²) >= 11 is 17.6. The van der Waals surface area contributed by atoms with Gasteiger partial charge >= 0.3 is 0 Å². The molecule has 0 aliphatic heterocycles. The summed E-state index contributed by atoms with van der Waals surface area (Å²) in [5.41, 5.74) is 1.19. The molecule has 0 amide bonds. The van der Waals surface area contributed by atoms with E-state index in [1.54, 1.807) is 18.2 Å². The lowest BCUT2D eigenvalue weighted by Crippen LogP contribution is -2.02. The van der Waals surface area contributed by atoms with Gasteiger partial charge in [0.1, 0.15) is 5.82 Å². The van der Waals surface area contributed by atoms with Crippen molar-refractivity contribution in [3.05, 3.63) is 63.5 Å². The van der Waals surface area contributed by atoms with Crippen molar-refractivity contribution in [2.45, 2.75) is 0 Å². The van der Waals surface area contributed by atoms with Gasteiger partial charge in [-0.15, -0.1) is 5.10 Å². The third-order valence-corrected chi connectivity index (χ3v) is 3.60. The van der Waals surface area contributed by atoms with Gasteiger partial charge in [-0.3, -0.25) is 0 Å². The SMILES string of the molecule is Fc1ccc(Nc2cnnc(Nc3cc(Cl)cc(Cl)c3)n2)cc1Cl. The van der Waals surface area contributed by atoms with Crippen LogP contribution >= 0.6 is 34.8 Å². The molecule has 9 heteroatoms. The molecule has 1 aromatic heterocycles. The zero-order valence-corrected chi connectivity index (χ0v) is 14.2. The lowest BCUT2D eigenvalue weighted by Gasteiger charge is -2.08. The molecule has 0 bridgehead atoms. The molecule has 0 saturated carbocycles. The molecule has 0 unspecified atom stereocenters. The molecule has 0 fully saturated rings. The van der Waals surface area contributed by atoms with Gasteiger partial charge in [-0.2, -0.15) is 10.1 Å². The number of halogens is 4. The van der Waals surface area contributed by atoms with Gasteiger partial charge < -0.3 is 10.6 Å². The number of aromatic nitrogens is 3. The molecule has 0 aliphatic rings. The number of anilines is 4. The van der Waals surface area contributed by atoms with Crippen molar-refractivity contribution in [2.24, 2.45) is 0 Å². The molecular weight excluding hydrogens is 376 g/mol. The zero-order valence-electron chi connectivity index (χ0n) is 11.9. The predicted octanol–water partition coefficient (Wildman–Crippen LogP) is 5.46. The van der Waals surface area contributed by atoms with E-state index < -0.39 is 5.82 Å². The highest BCUT2D eigenvalue weighted by Crippen LogP contribution is 2.25. The fourth-order valence-electron chi connectivity index (χ4n) is 1.89. The number of benzene rings is 2. The van der Waals surface area contributed by atoms with Gasteiger partial charge in [-0.25, -0.2) is 4.39 Å². The first-order chi connectivity index (χ1) is 11.5. The summed E-state index contributed by atoms with van der Waals surface area (Å²) in [6, 6.07) is 9.21. The standard InChI is InChI=1S/C15H9Cl3FN5/c16-8-3-9(17)5-11(4-8)22-15-23-14(7-20-24-15)21-10-1-2-13(19)12(18)6-10/h1-7H,(H2,21,22,23,24). The number of rotatable bonds is 4. The number of hydrogen-bond donors (Lipinski definition) is 2. The van der Waals surface area contributed by atoms with Crippen LogP contribution in [0.5, 0.6) is 0 Å². The average Bonchev–Trinajstić information content (AvgIpc) is 2.50. The summed E-state index contributed by atoms with van der Waals surface area (Å²) in [5, 5.41) is 14.6. The maximum atomic E-state index is 13.2. The molecule has 24 heavy (non-hydrogen) atoms. The molecule has 3 aromatic rings. The second kappa shape index (κ2) is 7.17. The highest BCUT2D eigenvalue weighted by Gasteiger charge is 2.05. The van der Waals surface area contributed by atoms with Crippen LogP contribution in [0.4, 0.5) is 27.5 Å². The molecule has 0 saturated heterocycles. The minimum absolute atomic E-state index is 0.00827. The third-order valence-electron chi connectivity index (χ3n) is 2.87. The minimum atomic E-state index is -0.497. The minimum Gasteiger partial charge on any atom is -0.339 e. The summed E-state index contributed by atoms with van der Waals surface area (Å²) in [5.74, 6) is 0.151. The van der Waals surface area contributed by atoms with Gasteiger partial charge in [0.2, 0.25) is 5.95 Å². The number of hydrogen-bond acceptors (Lipinski definition) is 5. The van der Waals surface area contributed by atoms with Crippen LogP contribution in [0.3, 0.4) is 0 Å². The van der Waals surface area contributed by atoms with Crippen molar-refractivity contribution in [3.8, 4) is 0 Å². The molecule has 2 N–H and O–H groups in total. The van der Waals surface area contributed by atoms with Crippen LogP contribution < -0.4 is 10.6 Å². The van der Waals surface area contributed by atoms with Crippen molar-refractivity contribution in [1.82, 2.24) is 15.2 Å². The molecular formula is C15H9Cl3FN5. The molecule has 0 spiro atoms. The van der Waals surface area contributed by atoms with Crippen molar-refractivity contribution in [3.63, 3.8) is 0 Å². The van der Waals surface area contributed by atoms with E-state index in [0.717, 1.165) is 0 Å².